The zero-order valence-corrected chi connectivity index (χ0v) is 25.2. The van der Waals surface area contributed by atoms with E-state index in [1.807, 2.05) is 59.6 Å². The molecule has 44 heavy (non-hydrogen) atoms. The van der Waals surface area contributed by atoms with Crippen LogP contribution in [0, 0.1) is 0 Å². The molecule has 4 heteroatoms. The van der Waals surface area contributed by atoms with Gasteiger partial charge in [-0.05, 0) is 82.4 Å². The summed E-state index contributed by atoms with van der Waals surface area (Å²) in [6.07, 6.45) is 7.50. The van der Waals surface area contributed by atoms with Crippen molar-refractivity contribution in [2.75, 3.05) is 0 Å². The number of fused-ring (bicyclic) bond motifs is 7. The van der Waals surface area contributed by atoms with E-state index in [-0.39, 0.29) is 0 Å². The quantitative estimate of drug-likeness (QED) is 0.202. The van der Waals surface area contributed by atoms with E-state index >= 15 is 0 Å². The van der Waals surface area contributed by atoms with Crippen molar-refractivity contribution in [3.05, 3.63) is 146 Å². The molecule has 0 spiro atoms. The molecule has 5 aromatic carbocycles. The minimum absolute atomic E-state index is 1.09. The fourth-order valence-electron chi connectivity index (χ4n) is 6.34. The standard InChI is InChI=1S/C40H24N2S2/c1-3-14-36-32(12-1)35-22-34(39-38(40(35)43-36)33-13-2-4-15-37(33)44-39)26-9-5-8-25(18-26)29-19-30(27-10-6-16-41-23-27)21-31(20-29)28-11-7-17-42-24-28/h1-24H. The van der Waals surface area contributed by atoms with Gasteiger partial charge in [0.1, 0.15) is 0 Å². The van der Waals surface area contributed by atoms with Crippen LogP contribution in [0.5, 0.6) is 0 Å². The summed E-state index contributed by atoms with van der Waals surface area (Å²) in [7, 11) is 0. The van der Waals surface area contributed by atoms with E-state index in [4.69, 9.17) is 0 Å². The van der Waals surface area contributed by atoms with Gasteiger partial charge >= 0.3 is 0 Å². The molecule has 0 amide bonds. The molecule has 4 heterocycles. The van der Waals surface area contributed by atoms with Gasteiger partial charge in [-0.25, -0.2) is 0 Å². The fraction of sp³-hybridized carbons (Fsp3) is 0. The van der Waals surface area contributed by atoms with Crippen LogP contribution < -0.4 is 0 Å². The number of pyridine rings is 2. The lowest BCUT2D eigenvalue weighted by molar-refractivity contribution is 1.32. The van der Waals surface area contributed by atoms with Gasteiger partial charge in [-0.2, -0.15) is 0 Å². The highest BCUT2D eigenvalue weighted by Crippen LogP contribution is 2.48. The Kier molecular flexibility index (Phi) is 5.90. The Morgan fingerprint density at radius 3 is 1.61 bits per heavy atom. The largest absolute Gasteiger partial charge is 0.264 e. The topological polar surface area (TPSA) is 25.8 Å². The Balaban J connectivity index is 1.29. The van der Waals surface area contributed by atoms with Crippen LogP contribution in [0.15, 0.2) is 146 Å². The van der Waals surface area contributed by atoms with Crippen molar-refractivity contribution in [1.29, 1.82) is 0 Å². The predicted molar refractivity (Wildman–Crippen MR) is 190 cm³/mol. The Labute approximate surface area is 262 Å². The molecule has 206 valence electrons. The van der Waals surface area contributed by atoms with Crippen molar-refractivity contribution >= 4 is 63.0 Å². The highest BCUT2D eigenvalue weighted by Gasteiger charge is 2.18. The van der Waals surface area contributed by atoms with Crippen LogP contribution in [-0.2, 0) is 0 Å². The molecule has 0 saturated heterocycles. The van der Waals surface area contributed by atoms with Crippen molar-refractivity contribution in [3.63, 3.8) is 0 Å². The zero-order chi connectivity index (χ0) is 29.0. The fourth-order valence-corrected chi connectivity index (χ4v) is 8.90. The SMILES string of the molecule is c1cncc(-c2cc(-c3cccnc3)cc(-c3cccc(-c4cc5c6ccccc6sc5c5c4sc4ccccc45)c3)c2)c1. The minimum atomic E-state index is 1.09. The number of hydrogen-bond donors (Lipinski definition) is 0. The van der Waals surface area contributed by atoms with Crippen molar-refractivity contribution in [2.45, 2.75) is 0 Å². The van der Waals surface area contributed by atoms with E-state index in [2.05, 4.69) is 119 Å². The molecule has 0 aliphatic rings. The Morgan fingerprint density at radius 2 is 0.932 bits per heavy atom. The van der Waals surface area contributed by atoms with Crippen LogP contribution in [0.1, 0.15) is 0 Å². The van der Waals surface area contributed by atoms with Crippen LogP contribution in [-0.4, -0.2) is 9.97 Å². The lowest BCUT2D eigenvalue weighted by atomic mass is 9.92. The zero-order valence-electron chi connectivity index (χ0n) is 23.6. The van der Waals surface area contributed by atoms with E-state index in [9.17, 15) is 0 Å². The molecule has 0 unspecified atom stereocenters. The molecule has 0 saturated carbocycles. The van der Waals surface area contributed by atoms with E-state index < -0.39 is 0 Å². The highest BCUT2D eigenvalue weighted by atomic mass is 32.1. The molecular formula is C40H24N2S2. The van der Waals surface area contributed by atoms with Crippen LogP contribution in [0.25, 0.3) is 84.9 Å². The molecule has 9 rings (SSSR count). The second-order valence-electron chi connectivity index (χ2n) is 11.1. The number of aromatic nitrogens is 2. The smallest absolute Gasteiger partial charge is 0.0449 e. The van der Waals surface area contributed by atoms with Crippen LogP contribution >= 0.6 is 22.7 Å². The lowest BCUT2D eigenvalue weighted by Crippen LogP contribution is -1.88. The van der Waals surface area contributed by atoms with Crippen LogP contribution in [0.4, 0.5) is 0 Å². The van der Waals surface area contributed by atoms with Gasteiger partial charge in [0.15, 0.2) is 0 Å². The number of nitrogens with zero attached hydrogens (tertiary/aromatic N) is 2. The molecule has 2 nitrogen and oxygen atoms in total. The van der Waals surface area contributed by atoms with Crippen molar-refractivity contribution < 1.29 is 0 Å². The van der Waals surface area contributed by atoms with Gasteiger partial charge in [-0.3, -0.25) is 9.97 Å². The summed E-state index contributed by atoms with van der Waals surface area (Å²) in [5.41, 5.74) is 9.33. The van der Waals surface area contributed by atoms with E-state index in [1.54, 1.807) is 0 Å². The molecule has 0 N–H and O–H groups in total. The normalized spacial score (nSPS) is 11.6. The summed E-state index contributed by atoms with van der Waals surface area (Å²) in [5, 5.41) is 5.38. The molecule has 0 fully saturated rings. The first-order valence-corrected chi connectivity index (χ1v) is 16.3. The average molecular weight is 597 g/mol. The molecular weight excluding hydrogens is 573 g/mol. The summed E-state index contributed by atoms with van der Waals surface area (Å²) < 4.78 is 5.39. The van der Waals surface area contributed by atoms with Gasteiger partial charge in [-0.15, -0.1) is 22.7 Å². The highest BCUT2D eigenvalue weighted by molar-refractivity contribution is 7.30. The van der Waals surface area contributed by atoms with E-state index in [0.717, 1.165) is 22.3 Å². The monoisotopic (exact) mass is 596 g/mol. The van der Waals surface area contributed by atoms with Gasteiger partial charge in [0.25, 0.3) is 0 Å². The molecule has 0 bridgehead atoms. The van der Waals surface area contributed by atoms with Gasteiger partial charge in [0.2, 0.25) is 0 Å². The van der Waals surface area contributed by atoms with Crippen LogP contribution in [0.2, 0.25) is 0 Å². The van der Waals surface area contributed by atoms with E-state index in [1.165, 1.54) is 62.6 Å². The molecule has 0 radical (unpaired) electrons. The summed E-state index contributed by atoms with van der Waals surface area (Å²) in [6, 6.07) is 44.1. The summed E-state index contributed by atoms with van der Waals surface area (Å²) >= 11 is 3.81. The Hall–Kier alpha value is -5.16. The summed E-state index contributed by atoms with van der Waals surface area (Å²) in [5.74, 6) is 0. The summed E-state index contributed by atoms with van der Waals surface area (Å²) in [6.45, 7) is 0. The average Bonchev–Trinajstić information content (AvgIpc) is 3.67. The molecule has 0 atom stereocenters. The van der Waals surface area contributed by atoms with Crippen molar-refractivity contribution in [3.8, 4) is 44.5 Å². The van der Waals surface area contributed by atoms with Gasteiger partial charge < -0.3 is 0 Å². The Morgan fingerprint density at radius 1 is 0.386 bits per heavy atom. The minimum Gasteiger partial charge on any atom is -0.264 e. The lowest BCUT2D eigenvalue weighted by Gasteiger charge is -2.12. The first-order valence-electron chi connectivity index (χ1n) is 14.6. The summed E-state index contributed by atoms with van der Waals surface area (Å²) in [4.78, 5) is 8.80. The number of thiophene rings is 2. The molecule has 0 aliphatic carbocycles. The molecule has 9 aromatic rings. The number of rotatable bonds is 4. The maximum Gasteiger partial charge on any atom is 0.0449 e. The van der Waals surface area contributed by atoms with Gasteiger partial charge in [0, 0.05) is 81.8 Å². The Bertz CT molecular complexity index is 2430. The predicted octanol–water partition coefficient (Wildman–Crippen LogP) is 11.9. The second-order valence-corrected chi connectivity index (χ2v) is 13.2. The maximum atomic E-state index is 4.40. The van der Waals surface area contributed by atoms with Crippen LogP contribution in [0.3, 0.4) is 0 Å². The van der Waals surface area contributed by atoms with E-state index in [0.29, 0.717) is 0 Å². The number of hydrogen-bond acceptors (Lipinski definition) is 4. The maximum absolute atomic E-state index is 4.40. The third-order valence-electron chi connectivity index (χ3n) is 8.42. The second kappa shape index (κ2) is 10.2. The first-order chi connectivity index (χ1) is 21.8. The third-order valence-corrected chi connectivity index (χ3v) is 10.8. The molecule has 0 aliphatic heterocycles. The van der Waals surface area contributed by atoms with Gasteiger partial charge in [0.05, 0.1) is 0 Å². The third kappa shape index (κ3) is 4.15. The molecule has 4 aromatic heterocycles. The van der Waals surface area contributed by atoms with Crippen molar-refractivity contribution in [2.24, 2.45) is 0 Å². The van der Waals surface area contributed by atoms with Gasteiger partial charge in [-0.1, -0.05) is 66.7 Å². The van der Waals surface area contributed by atoms with Crippen molar-refractivity contribution in [1.82, 2.24) is 9.97 Å². The number of benzene rings is 5. The first kappa shape index (κ1) is 25.3.